The molecule has 0 aliphatic rings. The van der Waals surface area contributed by atoms with Gasteiger partial charge in [-0.25, -0.2) is 13.2 Å². The molecule has 0 saturated heterocycles. The zero-order valence-electron chi connectivity index (χ0n) is 9.19. The number of nitrogens with one attached hydrogen (secondary N) is 2. The Hall–Kier alpha value is -1.60. The number of sulfone groups is 1. The summed E-state index contributed by atoms with van der Waals surface area (Å²) in [6, 6.07) is 4.31. The third-order valence-electron chi connectivity index (χ3n) is 2.37. The summed E-state index contributed by atoms with van der Waals surface area (Å²) in [5.74, 6) is -0.582. The molecule has 7 heteroatoms. The summed E-state index contributed by atoms with van der Waals surface area (Å²) < 4.78 is 28.6. The molecule has 0 amide bonds. The molecule has 0 atom stereocenters. The zero-order valence-corrected chi connectivity index (χ0v) is 10.0. The molecule has 2 aromatic rings. The predicted octanol–water partition coefficient (Wildman–Crippen LogP) is 0.114. The van der Waals surface area contributed by atoms with E-state index in [9.17, 15) is 13.2 Å². The highest BCUT2D eigenvalue weighted by molar-refractivity contribution is 7.91. The quantitative estimate of drug-likeness (QED) is 0.810. The molecule has 0 unspecified atom stereocenters. The van der Waals surface area contributed by atoms with E-state index in [1.807, 2.05) is 0 Å². The smallest absolute Gasteiger partial charge is 0.408 e. The molecule has 6 nitrogen and oxygen atoms in total. The maximum atomic E-state index is 11.9. The zero-order chi connectivity index (χ0) is 12.5. The number of hydrogen-bond donors (Lipinski definition) is 2. The van der Waals surface area contributed by atoms with Crippen LogP contribution in [-0.4, -0.2) is 32.7 Å². The van der Waals surface area contributed by atoms with Crippen LogP contribution < -0.4 is 11.1 Å². The number of aromatic nitrogens is 1. The number of aromatic amines is 1. The van der Waals surface area contributed by atoms with Crippen LogP contribution in [0.25, 0.3) is 11.1 Å². The monoisotopic (exact) mass is 256 g/mol. The van der Waals surface area contributed by atoms with Gasteiger partial charge in [0.2, 0.25) is 0 Å². The van der Waals surface area contributed by atoms with Gasteiger partial charge in [0, 0.05) is 6.54 Å². The van der Waals surface area contributed by atoms with E-state index < -0.39 is 15.6 Å². The van der Waals surface area contributed by atoms with E-state index in [2.05, 4.69) is 10.3 Å². The van der Waals surface area contributed by atoms with Crippen molar-refractivity contribution in [2.24, 2.45) is 0 Å². The van der Waals surface area contributed by atoms with Gasteiger partial charge in [0.15, 0.2) is 15.4 Å². The normalized spacial score (nSPS) is 12.1. The Labute approximate surface area is 97.6 Å². The van der Waals surface area contributed by atoms with E-state index in [1.165, 1.54) is 18.2 Å². The lowest BCUT2D eigenvalue weighted by Crippen LogP contribution is -2.19. The van der Waals surface area contributed by atoms with Crippen molar-refractivity contribution in [3.05, 3.63) is 28.7 Å². The first-order chi connectivity index (χ1) is 8.03. The second-order valence-electron chi connectivity index (χ2n) is 3.59. The summed E-state index contributed by atoms with van der Waals surface area (Å²) in [6.45, 7) is 0.377. The van der Waals surface area contributed by atoms with Crippen molar-refractivity contribution in [2.75, 3.05) is 19.3 Å². The van der Waals surface area contributed by atoms with E-state index >= 15 is 0 Å². The first-order valence-corrected chi connectivity index (χ1v) is 6.68. The summed E-state index contributed by atoms with van der Waals surface area (Å²) in [5, 5.41) is 2.78. The molecule has 17 heavy (non-hydrogen) atoms. The minimum atomic E-state index is -3.33. The number of H-pyrrole nitrogens is 1. The Kier molecular flexibility index (Phi) is 3.03. The fourth-order valence-corrected chi connectivity index (χ4v) is 2.76. The summed E-state index contributed by atoms with van der Waals surface area (Å²) in [6.07, 6.45) is 0. The molecule has 92 valence electrons. The van der Waals surface area contributed by atoms with Gasteiger partial charge in [-0.15, -0.1) is 0 Å². The van der Waals surface area contributed by atoms with Gasteiger partial charge in [0.05, 0.1) is 16.2 Å². The number of hydrogen-bond acceptors (Lipinski definition) is 5. The topological polar surface area (TPSA) is 92.2 Å². The molecule has 1 heterocycles. The van der Waals surface area contributed by atoms with Gasteiger partial charge in [-0.3, -0.25) is 4.98 Å². The van der Waals surface area contributed by atoms with Crippen molar-refractivity contribution in [3.8, 4) is 0 Å². The van der Waals surface area contributed by atoms with Gasteiger partial charge in [0.1, 0.15) is 0 Å². The fraction of sp³-hybridized carbons (Fsp3) is 0.300. The number of rotatable bonds is 4. The van der Waals surface area contributed by atoms with Crippen molar-refractivity contribution in [1.29, 1.82) is 0 Å². The van der Waals surface area contributed by atoms with Crippen LogP contribution in [0.1, 0.15) is 0 Å². The Morgan fingerprint density at radius 2 is 2.18 bits per heavy atom. The fourth-order valence-electron chi connectivity index (χ4n) is 1.48. The van der Waals surface area contributed by atoms with Crippen LogP contribution >= 0.6 is 0 Å². The minimum Gasteiger partial charge on any atom is -0.408 e. The minimum absolute atomic E-state index is 0.0110. The molecule has 0 bridgehead atoms. The third kappa shape index (κ3) is 2.40. The Morgan fingerprint density at radius 3 is 2.88 bits per heavy atom. The number of fused-ring (bicyclic) bond motifs is 1. The van der Waals surface area contributed by atoms with Gasteiger partial charge in [-0.2, -0.15) is 0 Å². The molecule has 2 N–H and O–H groups in total. The van der Waals surface area contributed by atoms with Crippen LogP contribution in [0.4, 0.5) is 0 Å². The molecule has 0 radical (unpaired) electrons. The standard InChI is InChI=1S/C10H12N2O4S/c1-11-4-5-17(14,15)7-2-3-9-8(6-7)12-10(13)16-9/h2-3,6,11H,4-5H2,1H3,(H,12,13). The SMILES string of the molecule is CNCCS(=O)(=O)c1ccc2oc(=O)[nH]c2c1. The molecule has 2 rings (SSSR count). The van der Waals surface area contributed by atoms with Crippen molar-refractivity contribution >= 4 is 20.9 Å². The highest BCUT2D eigenvalue weighted by Crippen LogP contribution is 2.17. The van der Waals surface area contributed by atoms with E-state index in [4.69, 9.17) is 4.42 Å². The largest absolute Gasteiger partial charge is 0.417 e. The maximum Gasteiger partial charge on any atom is 0.417 e. The average Bonchev–Trinajstić information content (AvgIpc) is 2.65. The summed E-state index contributed by atoms with van der Waals surface area (Å²) >= 11 is 0. The van der Waals surface area contributed by atoms with E-state index in [0.717, 1.165) is 0 Å². The van der Waals surface area contributed by atoms with Crippen molar-refractivity contribution in [1.82, 2.24) is 10.3 Å². The lowest BCUT2D eigenvalue weighted by molar-refractivity contribution is 0.555. The van der Waals surface area contributed by atoms with Gasteiger partial charge >= 0.3 is 5.76 Å². The second-order valence-corrected chi connectivity index (χ2v) is 5.70. The molecule has 1 aromatic heterocycles. The van der Waals surface area contributed by atoms with Gasteiger partial charge < -0.3 is 9.73 Å². The van der Waals surface area contributed by atoms with Gasteiger partial charge in [-0.1, -0.05) is 0 Å². The van der Waals surface area contributed by atoms with E-state index in [-0.39, 0.29) is 10.6 Å². The summed E-state index contributed by atoms with van der Waals surface area (Å²) in [7, 11) is -1.64. The highest BCUT2D eigenvalue weighted by atomic mass is 32.2. The molecule has 1 aromatic carbocycles. The number of benzene rings is 1. The Morgan fingerprint density at radius 1 is 1.41 bits per heavy atom. The van der Waals surface area contributed by atoms with Crippen molar-refractivity contribution in [3.63, 3.8) is 0 Å². The van der Waals surface area contributed by atoms with Crippen LogP contribution in [0.2, 0.25) is 0 Å². The maximum absolute atomic E-state index is 11.9. The predicted molar refractivity (Wildman–Crippen MR) is 62.8 cm³/mol. The number of oxazole rings is 1. The molecular weight excluding hydrogens is 244 g/mol. The second kappa shape index (κ2) is 4.34. The average molecular weight is 256 g/mol. The third-order valence-corrected chi connectivity index (χ3v) is 4.08. The molecule has 0 aliphatic heterocycles. The Balaban J connectivity index is 2.45. The molecule has 0 saturated carbocycles. The highest BCUT2D eigenvalue weighted by Gasteiger charge is 2.15. The first-order valence-electron chi connectivity index (χ1n) is 5.03. The lowest BCUT2D eigenvalue weighted by atomic mass is 10.3. The first kappa shape index (κ1) is 11.9. The van der Waals surface area contributed by atoms with E-state index in [1.54, 1.807) is 7.05 Å². The van der Waals surface area contributed by atoms with Crippen LogP contribution in [0.5, 0.6) is 0 Å². The molecule has 0 spiro atoms. The molecule has 0 aliphatic carbocycles. The van der Waals surface area contributed by atoms with Crippen LogP contribution in [-0.2, 0) is 9.84 Å². The molecule has 0 fully saturated rings. The van der Waals surface area contributed by atoms with E-state index in [0.29, 0.717) is 17.6 Å². The van der Waals surface area contributed by atoms with Crippen molar-refractivity contribution < 1.29 is 12.8 Å². The lowest BCUT2D eigenvalue weighted by Gasteiger charge is -2.03. The van der Waals surface area contributed by atoms with Crippen LogP contribution in [0, 0.1) is 0 Å². The van der Waals surface area contributed by atoms with Crippen LogP contribution in [0.3, 0.4) is 0 Å². The summed E-state index contributed by atoms with van der Waals surface area (Å²) in [4.78, 5) is 13.5. The van der Waals surface area contributed by atoms with Gasteiger partial charge in [-0.05, 0) is 25.2 Å². The Bertz CT molecular complexity index is 684. The summed E-state index contributed by atoms with van der Waals surface area (Å²) in [5.41, 5.74) is 0.739. The van der Waals surface area contributed by atoms with Gasteiger partial charge in [0.25, 0.3) is 0 Å². The van der Waals surface area contributed by atoms with Crippen LogP contribution in [0.15, 0.2) is 32.3 Å². The molecular formula is C10H12N2O4S. The van der Waals surface area contributed by atoms with Crippen molar-refractivity contribution in [2.45, 2.75) is 4.90 Å².